The van der Waals surface area contributed by atoms with Crippen LogP contribution in [0.1, 0.15) is 26.2 Å². The maximum atomic E-state index is 5.99. The van der Waals surface area contributed by atoms with Gasteiger partial charge in [-0.3, -0.25) is 0 Å². The molecule has 0 saturated heterocycles. The van der Waals surface area contributed by atoms with Crippen molar-refractivity contribution in [2.24, 2.45) is 0 Å². The van der Waals surface area contributed by atoms with Crippen LogP contribution < -0.4 is 4.74 Å². The molecule has 98 valence electrons. The maximum absolute atomic E-state index is 5.99. The third-order valence-corrected chi connectivity index (χ3v) is 4.51. The standard InChI is InChI=1S/C17H18OS/c1-2-3-6-12-18-14-9-7-11-16-17(14)13-8-4-5-10-15(13)19-16/h4-5,7-11H,2-3,6,12H2,1H3. The van der Waals surface area contributed by atoms with Gasteiger partial charge in [0.05, 0.1) is 6.61 Å². The minimum Gasteiger partial charge on any atom is -0.493 e. The van der Waals surface area contributed by atoms with Gasteiger partial charge in [-0.05, 0) is 24.6 Å². The van der Waals surface area contributed by atoms with Gasteiger partial charge in [0.2, 0.25) is 0 Å². The summed E-state index contributed by atoms with van der Waals surface area (Å²) in [5.41, 5.74) is 0. The highest BCUT2D eigenvalue weighted by atomic mass is 32.1. The van der Waals surface area contributed by atoms with Crippen molar-refractivity contribution in [2.75, 3.05) is 6.61 Å². The number of hydrogen-bond acceptors (Lipinski definition) is 2. The predicted octanol–water partition coefficient (Wildman–Crippen LogP) is 5.62. The molecule has 0 saturated carbocycles. The number of ether oxygens (including phenoxy) is 1. The Morgan fingerprint density at radius 1 is 0.947 bits per heavy atom. The van der Waals surface area contributed by atoms with Crippen molar-refractivity contribution in [1.29, 1.82) is 0 Å². The highest BCUT2D eigenvalue weighted by Gasteiger charge is 2.09. The quantitative estimate of drug-likeness (QED) is 0.546. The summed E-state index contributed by atoms with van der Waals surface area (Å²) in [6.07, 6.45) is 3.60. The minimum atomic E-state index is 0.817. The molecule has 2 aromatic carbocycles. The van der Waals surface area contributed by atoms with Crippen LogP contribution in [0, 0.1) is 0 Å². The van der Waals surface area contributed by atoms with Crippen molar-refractivity contribution < 1.29 is 4.74 Å². The van der Waals surface area contributed by atoms with Gasteiger partial charge in [0.25, 0.3) is 0 Å². The molecule has 0 aliphatic heterocycles. The molecule has 0 N–H and O–H groups in total. The van der Waals surface area contributed by atoms with Gasteiger partial charge in [-0.25, -0.2) is 0 Å². The summed E-state index contributed by atoms with van der Waals surface area (Å²) in [4.78, 5) is 0. The van der Waals surface area contributed by atoms with Crippen molar-refractivity contribution in [3.05, 3.63) is 42.5 Å². The molecule has 3 rings (SSSR count). The van der Waals surface area contributed by atoms with Gasteiger partial charge >= 0.3 is 0 Å². The summed E-state index contributed by atoms with van der Waals surface area (Å²) in [6.45, 7) is 3.03. The van der Waals surface area contributed by atoms with Crippen LogP contribution in [0.3, 0.4) is 0 Å². The van der Waals surface area contributed by atoms with Crippen LogP contribution in [0.25, 0.3) is 20.2 Å². The smallest absolute Gasteiger partial charge is 0.128 e. The lowest BCUT2D eigenvalue weighted by atomic mass is 10.1. The first-order valence-electron chi connectivity index (χ1n) is 6.93. The third kappa shape index (κ3) is 2.45. The summed E-state index contributed by atoms with van der Waals surface area (Å²) in [6, 6.07) is 14.9. The lowest BCUT2D eigenvalue weighted by Crippen LogP contribution is -1.97. The normalized spacial score (nSPS) is 11.2. The summed E-state index contributed by atoms with van der Waals surface area (Å²) in [5, 5.41) is 2.59. The first-order chi connectivity index (χ1) is 9.40. The van der Waals surface area contributed by atoms with Gasteiger partial charge in [0.15, 0.2) is 0 Å². The lowest BCUT2D eigenvalue weighted by Gasteiger charge is -2.07. The molecule has 2 heteroatoms. The van der Waals surface area contributed by atoms with E-state index in [0.717, 1.165) is 18.8 Å². The van der Waals surface area contributed by atoms with Gasteiger partial charge in [-0.1, -0.05) is 44.0 Å². The van der Waals surface area contributed by atoms with Crippen LogP contribution in [0.4, 0.5) is 0 Å². The van der Waals surface area contributed by atoms with Crippen LogP contribution in [-0.4, -0.2) is 6.61 Å². The number of benzene rings is 2. The van der Waals surface area contributed by atoms with Crippen molar-refractivity contribution in [2.45, 2.75) is 26.2 Å². The van der Waals surface area contributed by atoms with Crippen LogP contribution >= 0.6 is 11.3 Å². The second-order valence-corrected chi connectivity index (χ2v) is 5.87. The Bertz CT molecular complexity index is 684. The van der Waals surface area contributed by atoms with E-state index in [1.807, 2.05) is 11.3 Å². The van der Waals surface area contributed by atoms with E-state index < -0.39 is 0 Å². The Morgan fingerprint density at radius 3 is 2.68 bits per heavy atom. The molecule has 0 aliphatic rings. The van der Waals surface area contributed by atoms with E-state index in [0.29, 0.717) is 0 Å². The van der Waals surface area contributed by atoms with Crippen LogP contribution in [0.2, 0.25) is 0 Å². The van der Waals surface area contributed by atoms with Crippen molar-refractivity contribution >= 4 is 31.5 Å². The van der Waals surface area contributed by atoms with E-state index in [1.165, 1.54) is 33.0 Å². The van der Waals surface area contributed by atoms with Gasteiger partial charge < -0.3 is 4.74 Å². The van der Waals surface area contributed by atoms with E-state index in [9.17, 15) is 0 Å². The van der Waals surface area contributed by atoms with Crippen molar-refractivity contribution in [3.8, 4) is 5.75 Å². The van der Waals surface area contributed by atoms with Gasteiger partial charge in [0.1, 0.15) is 5.75 Å². The number of thiophene rings is 1. The van der Waals surface area contributed by atoms with Crippen LogP contribution in [-0.2, 0) is 0 Å². The Kier molecular flexibility index (Phi) is 3.69. The molecular formula is C17H18OS. The highest BCUT2D eigenvalue weighted by molar-refractivity contribution is 7.25. The highest BCUT2D eigenvalue weighted by Crippen LogP contribution is 2.39. The Balaban J connectivity index is 1.99. The molecule has 19 heavy (non-hydrogen) atoms. The summed E-state index contributed by atoms with van der Waals surface area (Å²) in [5.74, 6) is 1.03. The SMILES string of the molecule is CCCCCOc1cccc2sc3ccccc3c12. The topological polar surface area (TPSA) is 9.23 Å². The zero-order chi connectivity index (χ0) is 13.1. The van der Waals surface area contributed by atoms with Crippen molar-refractivity contribution in [3.63, 3.8) is 0 Å². The maximum Gasteiger partial charge on any atom is 0.128 e. The fraction of sp³-hybridized carbons (Fsp3) is 0.294. The average Bonchev–Trinajstić information content (AvgIpc) is 2.83. The second kappa shape index (κ2) is 5.62. The summed E-state index contributed by atoms with van der Waals surface area (Å²) < 4.78 is 8.64. The van der Waals surface area contributed by atoms with E-state index in [2.05, 4.69) is 49.4 Å². The molecule has 0 amide bonds. The molecule has 3 aromatic rings. The number of unbranched alkanes of at least 4 members (excludes halogenated alkanes) is 2. The van der Waals surface area contributed by atoms with E-state index in [-0.39, 0.29) is 0 Å². The zero-order valence-corrected chi connectivity index (χ0v) is 12.0. The fourth-order valence-corrected chi connectivity index (χ4v) is 3.52. The van der Waals surface area contributed by atoms with Crippen LogP contribution in [0.15, 0.2) is 42.5 Å². The monoisotopic (exact) mass is 270 g/mol. The fourth-order valence-electron chi connectivity index (χ4n) is 2.40. The third-order valence-electron chi connectivity index (χ3n) is 3.37. The Labute approximate surface area is 117 Å². The minimum absolute atomic E-state index is 0.817. The Morgan fingerprint density at radius 2 is 1.79 bits per heavy atom. The first-order valence-corrected chi connectivity index (χ1v) is 7.75. The predicted molar refractivity (Wildman–Crippen MR) is 84.4 cm³/mol. The molecule has 0 aliphatic carbocycles. The zero-order valence-electron chi connectivity index (χ0n) is 11.2. The number of hydrogen-bond donors (Lipinski definition) is 0. The average molecular weight is 270 g/mol. The lowest BCUT2D eigenvalue weighted by molar-refractivity contribution is 0.310. The van der Waals surface area contributed by atoms with E-state index in [4.69, 9.17) is 4.74 Å². The molecule has 0 spiro atoms. The molecular weight excluding hydrogens is 252 g/mol. The number of rotatable bonds is 5. The first kappa shape index (κ1) is 12.5. The van der Waals surface area contributed by atoms with Crippen LogP contribution in [0.5, 0.6) is 5.75 Å². The second-order valence-electron chi connectivity index (χ2n) is 4.78. The van der Waals surface area contributed by atoms with E-state index in [1.54, 1.807) is 0 Å². The molecule has 0 fully saturated rings. The molecule has 1 nitrogen and oxygen atoms in total. The van der Waals surface area contributed by atoms with Crippen molar-refractivity contribution in [1.82, 2.24) is 0 Å². The summed E-state index contributed by atoms with van der Waals surface area (Å²) >= 11 is 1.84. The largest absolute Gasteiger partial charge is 0.493 e. The summed E-state index contributed by atoms with van der Waals surface area (Å²) in [7, 11) is 0. The molecule has 0 bridgehead atoms. The van der Waals surface area contributed by atoms with Gasteiger partial charge in [-0.15, -0.1) is 11.3 Å². The van der Waals surface area contributed by atoms with E-state index >= 15 is 0 Å². The molecule has 1 heterocycles. The molecule has 1 aromatic heterocycles. The molecule has 0 atom stereocenters. The molecule has 0 radical (unpaired) electrons. The molecule has 0 unspecified atom stereocenters. The Hall–Kier alpha value is -1.54. The van der Waals surface area contributed by atoms with Gasteiger partial charge in [-0.2, -0.15) is 0 Å². The van der Waals surface area contributed by atoms with Gasteiger partial charge in [0, 0.05) is 20.2 Å². The number of fused-ring (bicyclic) bond motifs is 3.